The Morgan fingerprint density at radius 1 is 1.24 bits per heavy atom. The van der Waals surface area contributed by atoms with Crippen molar-refractivity contribution < 1.29 is 27.8 Å². The van der Waals surface area contributed by atoms with Crippen molar-refractivity contribution in [2.75, 3.05) is 6.61 Å². The minimum atomic E-state index is -2.68. The van der Waals surface area contributed by atoms with E-state index < -0.39 is 12.0 Å². The van der Waals surface area contributed by atoms with Crippen LogP contribution in [-0.4, -0.2) is 57.3 Å². The van der Waals surface area contributed by atoms with Gasteiger partial charge in [-0.25, -0.2) is 13.8 Å². The normalized spacial score (nSPS) is 23.7. The lowest BCUT2D eigenvalue weighted by Gasteiger charge is -2.34. The van der Waals surface area contributed by atoms with Gasteiger partial charge in [0.2, 0.25) is 11.8 Å². The van der Waals surface area contributed by atoms with Crippen LogP contribution in [0, 0.1) is 0 Å². The lowest BCUT2D eigenvalue weighted by molar-refractivity contribution is -0.135. The monoisotopic (exact) mass is 486 g/mol. The number of aryl methyl sites for hydroxylation is 1. The van der Waals surface area contributed by atoms with Crippen molar-refractivity contribution in [3.63, 3.8) is 0 Å². The highest BCUT2D eigenvalue weighted by Gasteiger charge is 2.47. The molecule has 1 N–H and O–H groups in total. The largest absolute Gasteiger partial charge is 0.473 e. The summed E-state index contributed by atoms with van der Waals surface area (Å²) in [6.07, 6.45) is 3.74. The minimum absolute atomic E-state index is 0.00667. The Morgan fingerprint density at radius 3 is 2.55 bits per heavy atom. The van der Waals surface area contributed by atoms with E-state index >= 15 is 0 Å². The molecule has 2 aliphatic carbocycles. The van der Waals surface area contributed by atoms with Crippen molar-refractivity contribution in [1.29, 1.82) is 0 Å². The molecule has 0 aliphatic heterocycles. The predicted molar refractivity (Wildman–Crippen MR) is 118 cm³/mol. The van der Waals surface area contributed by atoms with E-state index in [0.29, 0.717) is 23.7 Å². The number of pyridine rings is 1. The van der Waals surface area contributed by atoms with Crippen LogP contribution in [0.25, 0.3) is 11.0 Å². The number of alkyl halides is 2. The summed E-state index contributed by atoms with van der Waals surface area (Å²) in [5.41, 5.74) is 1.14. The number of imidazole rings is 1. The van der Waals surface area contributed by atoms with Crippen LogP contribution in [0.5, 0.6) is 11.9 Å². The van der Waals surface area contributed by atoms with Gasteiger partial charge < -0.3 is 19.5 Å². The van der Waals surface area contributed by atoms with Gasteiger partial charge in [0.15, 0.2) is 0 Å². The Bertz CT molecular complexity index is 1000. The summed E-state index contributed by atoms with van der Waals surface area (Å²) in [4.78, 5) is 19.8. The van der Waals surface area contributed by atoms with E-state index in [4.69, 9.17) is 25.8 Å². The van der Waals surface area contributed by atoms with Crippen molar-refractivity contribution >= 4 is 28.5 Å². The van der Waals surface area contributed by atoms with E-state index in [9.17, 15) is 13.6 Å². The van der Waals surface area contributed by atoms with Crippen molar-refractivity contribution in [2.24, 2.45) is 7.05 Å². The van der Waals surface area contributed by atoms with Crippen LogP contribution in [0.3, 0.4) is 0 Å². The van der Waals surface area contributed by atoms with Gasteiger partial charge in [-0.2, -0.15) is 4.98 Å². The number of nitrogens with zero attached hydrogens (tertiary/aromatic N) is 3. The molecule has 2 aromatic heterocycles. The molecule has 1 amide bonds. The van der Waals surface area contributed by atoms with E-state index in [0.717, 1.165) is 25.7 Å². The number of carbonyl (C=O) groups excluding carboxylic acids is 1. The minimum Gasteiger partial charge on any atom is -0.473 e. The summed E-state index contributed by atoms with van der Waals surface area (Å²) in [5, 5.41) is 3.05. The Hall–Kier alpha value is -2.20. The number of aromatic nitrogens is 3. The van der Waals surface area contributed by atoms with Gasteiger partial charge in [-0.05, 0) is 32.6 Å². The zero-order valence-electron chi connectivity index (χ0n) is 18.9. The number of rotatable bonds is 8. The molecule has 8 nitrogen and oxygen atoms in total. The quantitative estimate of drug-likeness (QED) is 0.606. The zero-order valence-corrected chi connectivity index (χ0v) is 19.7. The highest BCUT2D eigenvalue weighted by molar-refractivity contribution is 6.36. The maximum absolute atomic E-state index is 13.1. The van der Waals surface area contributed by atoms with Crippen LogP contribution >= 0.6 is 11.6 Å². The molecule has 2 saturated carbocycles. The number of nitrogens with one attached hydrogen (secondary N) is 1. The van der Waals surface area contributed by atoms with E-state index in [1.807, 2.05) is 6.92 Å². The van der Waals surface area contributed by atoms with Gasteiger partial charge in [-0.15, -0.1) is 0 Å². The number of hydrogen-bond acceptors (Lipinski definition) is 6. The van der Waals surface area contributed by atoms with Gasteiger partial charge in [0.25, 0.3) is 11.9 Å². The fraction of sp³-hybridized carbons (Fsp3) is 0.682. The fourth-order valence-electron chi connectivity index (χ4n) is 4.30. The van der Waals surface area contributed by atoms with Crippen LogP contribution in [0.2, 0.25) is 5.02 Å². The summed E-state index contributed by atoms with van der Waals surface area (Å²) in [6.45, 7) is 3.89. The average Bonchev–Trinajstić information content (AvgIpc) is 3.03. The van der Waals surface area contributed by atoms with Gasteiger partial charge in [0, 0.05) is 32.9 Å². The van der Waals surface area contributed by atoms with E-state index in [1.54, 1.807) is 11.6 Å². The molecular weight excluding hydrogens is 458 g/mol. The Kier molecular flexibility index (Phi) is 6.95. The molecular formula is C22H29ClF2N4O4. The molecule has 4 rings (SSSR count). The summed E-state index contributed by atoms with van der Waals surface area (Å²) < 4.78 is 45.6. The van der Waals surface area contributed by atoms with Crippen molar-refractivity contribution in [3.8, 4) is 11.9 Å². The van der Waals surface area contributed by atoms with Gasteiger partial charge >= 0.3 is 0 Å². The number of ether oxygens (including phenoxy) is 3. The zero-order chi connectivity index (χ0) is 23.8. The first-order valence-corrected chi connectivity index (χ1v) is 11.6. The molecule has 2 aliphatic rings. The van der Waals surface area contributed by atoms with Gasteiger partial charge in [0.05, 0.1) is 24.4 Å². The second-order valence-corrected chi connectivity index (χ2v) is 9.40. The first kappa shape index (κ1) is 23.9. The molecule has 0 unspecified atom stereocenters. The second kappa shape index (κ2) is 9.58. The fourth-order valence-corrected chi connectivity index (χ4v) is 4.61. The molecule has 0 aromatic carbocycles. The predicted octanol–water partition coefficient (Wildman–Crippen LogP) is 4.03. The van der Waals surface area contributed by atoms with Crippen molar-refractivity contribution in [1.82, 2.24) is 19.9 Å². The number of amides is 1. The van der Waals surface area contributed by atoms with Crippen LogP contribution in [0.1, 0.15) is 52.4 Å². The molecule has 0 bridgehead atoms. The molecule has 2 heterocycles. The molecule has 11 heteroatoms. The third-order valence-corrected chi connectivity index (χ3v) is 6.38. The van der Waals surface area contributed by atoms with Crippen LogP contribution < -0.4 is 14.8 Å². The molecule has 0 saturated heterocycles. The first-order valence-electron chi connectivity index (χ1n) is 11.2. The third-order valence-electron chi connectivity index (χ3n) is 6.04. The number of halogens is 3. The molecule has 0 spiro atoms. The van der Waals surface area contributed by atoms with Crippen molar-refractivity contribution in [2.45, 2.75) is 82.6 Å². The van der Waals surface area contributed by atoms with E-state index in [-0.39, 0.29) is 47.9 Å². The summed E-state index contributed by atoms with van der Waals surface area (Å²) >= 11 is 6.48. The average molecular weight is 487 g/mol. The maximum atomic E-state index is 13.1. The molecule has 2 fully saturated rings. The lowest BCUT2D eigenvalue weighted by atomic mass is 9.91. The maximum Gasteiger partial charge on any atom is 0.297 e. The second-order valence-electron chi connectivity index (χ2n) is 9.02. The molecule has 33 heavy (non-hydrogen) atoms. The van der Waals surface area contributed by atoms with Gasteiger partial charge in [-0.3, -0.25) is 9.36 Å². The van der Waals surface area contributed by atoms with Crippen LogP contribution in [0.15, 0.2) is 6.20 Å². The highest BCUT2D eigenvalue weighted by atomic mass is 35.5. The first-order chi connectivity index (χ1) is 15.6. The van der Waals surface area contributed by atoms with Crippen LogP contribution in [-0.2, 0) is 16.6 Å². The SMILES string of the molecule is CC(=O)N[C@@H](C)COC1CCC(Oc2nc3cnc(OC4CC(F)(F)C4)c(Cl)c3n2C)CC1. The molecule has 2 aromatic rings. The Balaban J connectivity index is 1.33. The summed E-state index contributed by atoms with van der Waals surface area (Å²) in [6, 6.07) is 0.397. The third kappa shape index (κ3) is 5.66. The van der Waals surface area contributed by atoms with Gasteiger partial charge in [0.1, 0.15) is 22.7 Å². The van der Waals surface area contributed by atoms with Gasteiger partial charge in [-0.1, -0.05) is 11.6 Å². The summed E-state index contributed by atoms with van der Waals surface area (Å²) in [5.74, 6) is -2.61. The van der Waals surface area contributed by atoms with E-state index in [2.05, 4.69) is 15.3 Å². The number of fused-ring (bicyclic) bond motifs is 1. The Labute approximate surface area is 195 Å². The number of carbonyl (C=O) groups is 1. The topological polar surface area (TPSA) is 87.5 Å². The molecule has 182 valence electrons. The smallest absolute Gasteiger partial charge is 0.297 e. The van der Waals surface area contributed by atoms with Crippen LogP contribution in [0.4, 0.5) is 8.78 Å². The Morgan fingerprint density at radius 2 is 1.91 bits per heavy atom. The number of hydrogen-bond donors (Lipinski definition) is 1. The van der Waals surface area contributed by atoms with E-state index in [1.165, 1.54) is 13.1 Å². The molecule has 0 radical (unpaired) electrons. The molecule has 1 atom stereocenters. The standard InChI is InChI=1S/C22H29ClF2N4O4/c1-12(27-13(2)30)11-31-14-4-6-15(7-5-14)33-21-28-17-10-26-20(18(23)19(17)29(21)3)32-16-8-22(24,25)9-16/h10,12,14-16H,4-9,11H2,1-3H3,(H,27,30)/t12-,14?,15?/m0/s1. The highest BCUT2D eigenvalue weighted by Crippen LogP contribution is 2.41. The summed E-state index contributed by atoms with van der Waals surface area (Å²) in [7, 11) is 1.79. The van der Waals surface area contributed by atoms with Crippen molar-refractivity contribution in [3.05, 3.63) is 11.2 Å². The lowest BCUT2D eigenvalue weighted by Crippen LogP contribution is -2.43.